The molecule has 3 aliphatic heterocycles. The average Bonchev–Trinajstić information content (AvgIpc) is 4.18. The number of ketones is 3. The topological polar surface area (TPSA) is 161 Å². The molecule has 0 aromatic heterocycles. The molecule has 460 valence electrons. The van der Waals surface area contributed by atoms with E-state index in [1.165, 1.54) is 30.2 Å². The van der Waals surface area contributed by atoms with Crippen molar-refractivity contribution < 1.29 is 33.4 Å². The molecule has 3 atom stereocenters. The van der Waals surface area contributed by atoms with Crippen LogP contribution in [0.25, 0.3) is 43.1 Å². The summed E-state index contributed by atoms with van der Waals surface area (Å²) in [6.45, 7) is 16.4. The zero-order valence-electron chi connectivity index (χ0n) is 51.5. The number of carbonyl (C=O) groups is 5. The van der Waals surface area contributed by atoms with Gasteiger partial charge in [-0.2, -0.15) is 10.5 Å². The second-order valence-electron chi connectivity index (χ2n) is 25.8. The molecule has 3 unspecified atom stereocenters. The Hall–Kier alpha value is -7.27. The number of piperidine rings is 3. The number of likely N-dealkylation sites (tertiary alicyclic amines) is 3. The van der Waals surface area contributed by atoms with Crippen molar-refractivity contribution in [1.82, 2.24) is 14.7 Å². The van der Waals surface area contributed by atoms with E-state index in [2.05, 4.69) is 101 Å². The summed E-state index contributed by atoms with van der Waals surface area (Å²) in [6, 6.07) is 51.1. The third-order valence-corrected chi connectivity index (χ3v) is 17.8. The Morgan fingerprint density at radius 3 is 1.09 bits per heavy atom. The fraction of sp³-hybridized carbons (Fsp3) is 0.365. The van der Waals surface area contributed by atoms with Crippen molar-refractivity contribution in [3.05, 3.63) is 187 Å². The minimum Gasteiger partial charge on any atom is -0.444 e. The number of rotatable bonds is 8. The van der Waals surface area contributed by atoms with Crippen LogP contribution in [0, 0.1) is 46.3 Å². The van der Waals surface area contributed by atoms with Gasteiger partial charge >= 0.3 is 12.2 Å². The van der Waals surface area contributed by atoms with Gasteiger partial charge in [0.1, 0.15) is 11.2 Å². The number of benzene rings is 8. The molecule has 4 aliphatic rings. The summed E-state index contributed by atoms with van der Waals surface area (Å²) in [4.78, 5) is 69.3. The van der Waals surface area contributed by atoms with Gasteiger partial charge in [-0.1, -0.05) is 115 Å². The molecule has 12 rings (SSSR count). The Labute approximate surface area is 547 Å². The molecular formula is C74H76Br3N5O7. The van der Waals surface area contributed by atoms with E-state index in [4.69, 9.17) is 20.0 Å². The Morgan fingerprint density at radius 1 is 0.427 bits per heavy atom. The SMILES string of the molecule is Brc1ccc2cc(Br)ccc2c1.CC(C)(C)OC(=O)N1CCCC(C(=O)c2ccc3cc(Br)ccc3c2)C1.CC(C)(C)OC(=O)N1CCCC(C(=O)c2ccc3cc(C#N)ccc3c2)C1.N#Cc1ccc2cc(C(=O)C3CCCN(CC4CC4)C3)ccc2c1. The lowest BCUT2D eigenvalue weighted by molar-refractivity contribution is 0.0159. The van der Waals surface area contributed by atoms with Crippen LogP contribution in [-0.4, -0.2) is 101 Å². The van der Waals surface area contributed by atoms with Crippen molar-refractivity contribution in [2.45, 2.75) is 104 Å². The number of hydrogen-bond donors (Lipinski definition) is 0. The third-order valence-electron chi connectivity index (χ3n) is 16.3. The van der Waals surface area contributed by atoms with Crippen molar-refractivity contribution in [2.24, 2.45) is 23.7 Å². The lowest BCUT2D eigenvalue weighted by Crippen LogP contribution is -2.44. The molecule has 0 N–H and O–H groups in total. The summed E-state index contributed by atoms with van der Waals surface area (Å²) in [5.41, 5.74) is 2.34. The van der Waals surface area contributed by atoms with Crippen molar-refractivity contribution >= 4 is 120 Å². The molecule has 8 aromatic carbocycles. The molecule has 0 spiro atoms. The summed E-state index contributed by atoms with van der Waals surface area (Å²) in [5, 5.41) is 26.6. The lowest BCUT2D eigenvalue weighted by Gasteiger charge is -2.33. The van der Waals surface area contributed by atoms with Crippen molar-refractivity contribution in [3.63, 3.8) is 0 Å². The Balaban J connectivity index is 0.000000145. The number of carbonyl (C=O) groups excluding carboxylic acids is 5. The highest BCUT2D eigenvalue weighted by Crippen LogP contribution is 2.33. The van der Waals surface area contributed by atoms with E-state index in [1.807, 2.05) is 139 Å². The molecule has 1 aliphatic carbocycles. The quantitative estimate of drug-likeness (QED) is 0.134. The number of fused-ring (bicyclic) bond motifs is 4. The molecule has 12 nitrogen and oxygen atoms in total. The first-order chi connectivity index (χ1) is 42.5. The van der Waals surface area contributed by atoms with Gasteiger partial charge in [0.2, 0.25) is 0 Å². The lowest BCUT2D eigenvalue weighted by atomic mass is 9.89. The predicted molar refractivity (Wildman–Crippen MR) is 364 cm³/mol. The highest BCUT2D eigenvalue weighted by molar-refractivity contribution is 9.11. The van der Waals surface area contributed by atoms with Gasteiger partial charge in [0, 0.05) is 87.1 Å². The molecule has 1 saturated carbocycles. The minimum atomic E-state index is -0.547. The highest BCUT2D eigenvalue weighted by atomic mass is 79.9. The van der Waals surface area contributed by atoms with Crippen molar-refractivity contribution in [1.29, 1.82) is 10.5 Å². The predicted octanol–water partition coefficient (Wildman–Crippen LogP) is 18.4. The van der Waals surface area contributed by atoms with Gasteiger partial charge in [-0.15, -0.1) is 0 Å². The zero-order chi connectivity index (χ0) is 63.6. The van der Waals surface area contributed by atoms with Gasteiger partial charge in [0.15, 0.2) is 17.3 Å². The third kappa shape index (κ3) is 18.7. The van der Waals surface area contributed by atoms with Gasteiger partial charge < -0.3 is 24.2 Å². The van der Waals surface area contributed by atoms with Crippen LogP contribution in [0.1, 0.15) is 135 Å². The van der Waals surface area contributed by atoms with Crippen LogP contribution < -0.4 is 0 Å². The van der Waals surface area contributed by atoms with Crippen LogP contribution in [0.3, 0.4) is 0 Å². The molecular weight excluding hydrogens is 1310 g/mol. The van der Waals surface area contributed by atoms with E-state index in [1.54, 1.807) is 21.9 Å². The first-order valence-corrected chi connectivity index (χ1v) is 33.1. The van der Waals surface area contributed by atoms with E-state index >= 15 is 0 Å². The van der Waals surface area contributed by atoms with Crippen LogP contribution in [0.15, 0.2) is 159 Å². The van der Waals surface area contributed by atoms with Gasteiger partial charge in [-0.05, 0) is 227 Å². The molecule has 0 radical (unpaired) electrons. The molecule has 3 saturated heterocycles. The largest absolute Gasteiger partial charge is 0.444 e. The van der Waals surface area contributed by atoms with Gasteiger partial charge in [0.05, 0.1) is 23.3 Å². The number of hydrogen-bond acceptors (Lipinski definition) is 10. The number of Topliss-reactive ketones (excluding diaryl/α,β-unsaturated/α-hetero) is 3. The summed E-state index contributed by atoms with van der Waals surface area (Å²) >= 11 is 10.3. The monoisotopic (exact) mass is 1380 g/mol. The van der Waals surface area contributed by atoms with Crippen LogP contribution >= 0.6 is 47.8 Å². The first kappa shape index (κ1) is 66.2. The van der Waals surface area contributed by atoms with Crippen LogP contribution in [0.2, 0.25) is 0 Å². The summed E-state index contributed by atoms with van der Waals surface area (Å²) in [7, 11) is 0. The number of nitrogens with zero attached hydrogens (tertiary/aromatic N) is 5. The number of ether oxygens (including phenoxy) is 2. The molecule has 4 fully saturated rings. The van der Waals surface area contributed by atoms with Crippen LogP contribution in [0.5, 0.6) is 0 Å². The van der Waals surface area contributed by atoms with Crippen molar-refractivity contribution in [3.8, 4) is 12.1 Å². The molecule has 2 amide bonds. The maximum Gasteiger partial charge on any atom is 0.410 e. The molecule has 0 bridgehead atoms. The summed E-state index contributed by atoms with van der Waals surface area (Å²) < 4.78 is 14.2. The summed E-state index contributed by atoms with van der Waals surface area (Å²) in [5.74, 6) is 1.05. The fourth-order valence-corrected chi connectivity index (χ4v) is 12.8. The molecule has 89 heavy (non-hydrogen) atoms. The van der Waals surface area contributed by atoms with E-state index in [-0.39, 0.29) is 47.3 Å². The number of nitriles is 2. The second kappa shape index (κ2) is 29.6. The van der Waals surface area contributed by atoms with E-state index < -0.39 is 11.2 Å². The Bertz CT molecular complexity index is 3980. The molecule has 3 heterocycles. The molecule has 8 aromatic rings. The first-order valence-electron chi connectivity index (χ1n) is 30.7. The van der Waals surface area contributed by atoms with Crippen LogP contribution in [-0.2, 0) is 9.47 Å². The Kier molecular flexibility index (Phi) is 22.0. The smallest absolute Gasteiger partial charge is 0.410 e. The van der Waals surface area contributed by atoms with Gasteiger partial charge in [-0.3, -0.25) is 14.4 Å². The van der Waals surface area contributed by atoms with E-state index in [0.29, 0.717) is 48.4 Å². The number of amides is 2. The van der Waals surface area contributed by atoms with E-state index in [9.17, 15) is 24.0 Å². The normalized spacial score (nSPS) is 17.8. The zero-order valence-corrected chi connectivity index (χ0v) is 56.3. The maximum absolute atomic E-state index is 13.0. The van der Waals surface area contributed by atoms with Gasteiger partial charge in [0.25, 0.3) is 0 Å². The minimum absolute atomic E-state index is 0.0505. The van der Waals surface area contributed by atoms with Crippen LogP contribution in [0.4, 0.5) is 9.59 Å². The maximum atomic E-state index is 13.0. The highest BCUT2D eigenvalue weighted by Gasteiger charge is 2.34. The fourth-order valence-electron chi connectivity index (χ4n) is 11.7. The second-order valence-corrected chi connectivity index (χ2v) is 28.5. The number of halogens is 3. The molecule has 15 heteroatoms. The summed E-state index contributed by atoms with van der Waals surface area (Å²) in [6.07, 6.45) is 7.34. The van der Waals surface area contributed by atoms with E-state index in [0.717, 1.165) is 109 Å². The van der Waals surface area contributed by atoms with Gasteiger partial charge in [-0.25, -0.2) is 9.59 Å². The average molecular weight is 1390 g/mol. The van der Waals surface area contributed by atoms with Crippen molar-refractivity contribution in [2.75, 3.05) is 45.8 Å². The standard InChI is InChI=1S/C22H24N2O3.C21H24BrNO3.C21H22N2O.C10H6Br2/c1-22(2,3)27-21(26)24-10-4-5-19(14-24)20(25)18-9-8-16-11-15(13-23)6-7-17(16)12-18;1-21(2,3)26-20(25)23-10-4-5-17(13-23)19(24)16-7-6-15-12-18(22)9-8-14(15)11-16;22-12-16-5-6-18-11-19(8-7-17(18)10-16)21(24)20-2-1-9-23(14-20)13-15-3-4-15;11-9-3-1-7-5-10(12)4-2-8(7)6-9/h6-9,11-12,19H,4-5,10,14H2,1-3H3;6-9,11-12,17H,4-5,10,13H2,1-3H3;5-8,10-11,15,20H,1-4,9,13-14H2;1-6H. The Morgan fingerprint density at radius 2 is 0.742 bits per heavy atom.